The van der Waals surface area contributed by atoms with E-state index in [4.69, 9.17) is 16.9 Å². The molecule has 0 bridgehead atoms. The maximum atomic E-state index is 12.2. The molecule has 0 unspecified atom stereocenters. The summed E-state index contributed by atoms with van der Waals surface area (Å²) in [6.07, 6.45) is 0. The highest BCUT2D eigenvalue weighted by Crippen LogP contribution is 2.16. The number of amides is 1. The number of rotatable bonds is 3. The monoisotopic (exact) mass is 334 g/mol. The second kappa shape index (κ2) is 6.18. The quantitative estimate of drug-likeness (QED) is 0.934. The van der Waals surface area contributed by atoms with E-state index in [1.807, 2.05) is 10.8 Å². The summed E-state index contributed by atoms with van der Waals surface area (Å²) in [6.45, 7) is 1.66. The second-order valence-corrected chi connectivity index (χ2v) is 6.65. The van der Waals surface area contributed by atoms with Crippen LogP contribution in [0.25, 0.3) is 0 Å². The summed E-state index contributed by atoms with van der Waals surface area (Å²) in [5, 5.41) is 9.26. The third-order valence-electron chi connectivity index (χ3n) is 2.93. The summed E-state index contributed by atoms with van der Waals surface area (Å²) in [6, 6.07) is 11.8. The summed E-state index contributed by atoms with van der Waals surface area (Å²) in [4.78, 5) is 12.0. The normalized spacial score (nSPS) is 10.8. The van der Waals surface area contributed by atoms with Gasteiger partial charge < -0.3 is 0 Å². The van der Waals surface area contributed by atoms with Crippen molar-refractivity contribution in [1.29, 1.82) is 5.26 Å². The van der Waals surface area contributed by atoms with Crippen LogP contribution in [-0.2, 0) is 10.0 Å². The predicted molar refractivity (Wildman–Crippen MR) is 82.0 cm³/mol. The van der Waals surface area contributed by atoms with E-state index in [-0.39, 0.29) is 16.0 Å². The number of benzene rings is 2. The summed E-state index contributed by atoms with van der Waals surface area (Å²) in [5.74, 6) is -0.753. The van der Waals surface area contributed by atoms with Crippen molar-refractivity contribution in [3.8, 4) is 6.07 Å². The van der Waals surface area contributed by atoms with Crippen LogP contribution in [0.15, 0.2) is 47.4 Å². The fraction of sp³-hybridized carbons (Fsp3) is 0.0667. The molecule has 112 valence electrons. The molecule has 0 saturated heterocycles. The van der Waals surface area contributed by atoms with E-state index in [2.05, 4.69) is 0 Å². The van der Waals surface area contributed by atoms with Crippen molar-refractivity contribution in [3.05, 3.63) is 64.2 Å². The number of nitrogens with zero attached hydrogens (tertiary/aromatic N) is 1. The van der Waals surface area contributed by atoms with Crippen LogP contribution < -0.4 is 4.72 Å². The Bertz CT molecular complexity index is 886. The molecule has 0 saturated carbocycles. The number of carbonyl (C=O) groups excluding carboxylic acids is 1. The Kier molecular flexibility index (Phi) is 4.50. The molecule has 0 fully saturated rings. The van der Waals surface area contributed by atoms with E-state index in [1.54, 1.807) is 13.0 Å². The molecule has 2 rings (SSSR count). The van der Waals surface area contributed by atoms with Crippen LogP contribution >= 0.6 is 11.6 Å². The Morgan fingerprint density at radius 2 is 1.95 bits per heavy atom. The maximum Gasteiger partial charge on any atom is 0.265 e. The lowest BCUT2D eigenvalue weighted by Gasteiger charge is -2.09. The fourth-order valence-corrected chi connectivity index (χ4v) is 3.09. The second-order valence-electron chi connectivity index (χ2n) is 4.53. The van der Waals surface area contributed by atoms with Crippen LogP contribution in [0.4, 0.5) is 0 Å². The Morgan fingerprint density at radius 3 is 2.59 bits per heavy atom. The molecule has 2 aromatic carbocycles. The zero-order valence-electron chi connectivity index (χ0n) is 11.5. The van der Waals surface area contributed by atoms with E-state index in [0.29, 0.717) is 10.6 Å². The van der Waals surface area contributed by atoms with Gasteiger partial charge in [-0.25, -0.2) is 13.1 Å². The van der Waals surface area contributed by atoms with Gasteiger partial charge in [-0.2, -0.15) is 5.26 Å². The molecule has 1 amide bonds. The minimum absolute atomic E-state index is 0.147. The average Bonchev–Trinajstić information content (AvgIpc) is 2.46. The van der Waals surface area contributed by atoms with Crippen molar-refractivity contribution in [1.82, 2.24) is 4.72 Å². The van der Waals surface area contributed by atoms with E-state index in [0.717, 1.165) is 0 Å². The Morgan fingerprint density at radius 1 is 1.23 bits per heavy atom. The highest BCUT2D eigenvalue weighted by atomic mass is 35.5. The third-order valence-corrected chi connectivity index (χ3v) is 4.50. The zero-order chi connectivity index (χ0) is 16.3. The van der Waals surface area contributed by atoms with Gasteiger partial charge >= 0.3 is 0 Å². The molecule has 22 heavy (non-hydrogen) atoms. The lowest BCUT2D eigenvalue weighted by molar-refractivity contribution is 0.0981. The van der Waals surface area contributed by atoms with Crippen LogP contribution in [0.3, 0.4) is 0 Å². The number of nitrogens with one attached hydrogen (secondary N) is 1. The Balaban J connectivity index is 2.32. The lowest BCUT2D eigenvalue weighted by atomic mass is 10.1. The first-order chi connectivity index (χ1) is 10.3. The number of halogens is 1. The molecule has 0 spiro atoms. The number of hydrogen-bond acceptors (Lipinski definition) is 4. The molecule has 0 aliphatic heterocycles. The summed E-state index contributed by atoms with van der Waals surface area (Å²) in [5.41, 5.74) is 0.966. The van der Waals surface area contributed by atoms with Gasteiger partial charge in [0.05, 0.1) is 16.5 Å². The van der Waals surface area contributed by atoms with Crippen molar-refractivity contribution in [2.75, 3.05) is 0 Å². The molecule has 0 aromatic heterocycles. The van der Waals surface area contributed by atoms with E-state index in [9.17, 15) is 13.2 Å². The molecule has 7 heteroatoms. The molecule has 0 atom stereocenters. The minimum atomic E-state index is -4.05. The van der Waals surface area contributed by atoms with Gasteiger partial charge in [0.15, 0.2) is 0 Å². The fourth-order valence-electron chi connectivity index (χ4n) is 1.85. The Hall–Kier alpha value is -2.36. The average molecular weight is 335 g/mol. The van der Waals surface area contributed by atoms with Crippen LogP contribution in [0.5, 0.6) is 0 Å². The summed E-state index contributed by atoms with van der Waals surface area (Å²) < 4.78 is 26.4. The van der Waals surface area contributed by atoms with Gasteiger partial charge in [0.25, 0.3) is 15.9 Å². The first kappa shape index (κ1) is 16.0. The summed E-state index contributed by atoms with van der Waals surface area (Å²) in [7, 11) is -4.05. The smallest absolute Gasteiger partial charge is 0.265 e. The van der Waals surface area contributed by atoms with Gasteiger partial charge in [-0.15, -0.1) is 0 Å². The zero-order valence-corrected chi connectivity index (χ0v) is 13.1. The van der Waals surface area contributed by atoms with Crippen molar-refractivity contribution in [2.45, 2.75) is 11.8 Å². The number of carbonyl (C=O) groups is 1. The highest BCUT2D eigenvalue weighted by Gasteiger charge is 2.20. The SMILES string of the molecule is Cc1cc(Cl)ccc1C(=O)NS(=O)(=O)c1cccc(C#N)c1. The topological polar surface area (TPSA) is 87.0 Å². The van der Waals surface area contributed by atoms with Gasteiger partial charge in [-0.3, -0.25) is 4.79 Å². The Labute approximate surface area is 133 Å². The molecule has 5 nitrogen and oxygen atoms in total. The third kappa shape index (κ3) is 3.45. The van der Waals surface area contributed by atoms with Gasteiger partial charge in [0.2, 0.25) is 0 Å². The van der Waals surface area contributed by atoms with E-state index >= 15 is 0 Å². The molecule has 0 radical (unpaired) electrons. The maximum absolute atomic E-state index is 12.2. The predicted octanol–water partition coefficient (Wildman–Crippen LogP) is 2.64. The van der Waals surface area contributed by atoms with E-state index < -0.39 is 15.9 Å². The van der Waals surface area contributed by atoms with Crippen molar-refractivity contribution < 1.29 is 13.2 Å². The van der Waals surface area contributed by atoms with Crippen molar-refractivity contribution >= 4 is 27.5 Å². The highest BCUT2D eigenvalue weighted by molar-refractivity contribution is 7.90. The van der Waals surface area contributed by atoms with Gasteiger partial charge in [-0.05, 0) is 48.9 Å². The minimum Gasteiger partial charge on any atom is -0.268 e. The van der Waals surface area contributed by atoms with Crippen molar-refractivity contribution in [3.63, 3.8) is 0 Å². The molecule has 0 heterocycles. The van der Waals surface area contributed by atoms with Crippen LogP contribution in [0.2, 0.25) is 5.02 Å². The first-order valence-electron chi connectivity index (χ1n) is 6.17. The van der Waals surface area contributed by atoms with E-state index in [1.165, 1.54) is 36.4 Å². The van der Waals surface area contributed by atoms with Crippen LogP contribution in [0.1, 0.15) is 21.5 Å². The molecule has 2 aromatic rings. The standard InChI is InChI=1S/C15H11ClN2O3S/c1-10-7-12(16)5-6-14(10)15(19)18-22(20,21)13-4-2-3-11(8-13)9-17/h2-8H,1H3,(H,18,19). The number of aryl methyl sites for hydroxylation is 1. The number of hydrogen-bond donors (Lipinski definition) is 1. The largest absolute Gasteiger partial charge is 0.268 e. The molecule has 0 aliphatic rings. The van der Waals surface area contributed by atoms with Crippen molar-refractivity contribution in [2.24, 2.45) is 0 Å². The first-order valence-corrected chi connectivity index (χ1v) is 8.03. The molecule has 1 N–H and O–H groups in total. The van der Waals surface area contributed by atoms with Gasteiger partial charge in [0, 0.05) is 10.6 Å². The number of sulfonamides is 1. The van der Waals surface area contributed by atoms with Gasteiger partial charge in [0.1, 0.15) is 0 Å². The number of nitriles is 1. The molecule has 0 aliphatic carbocycles. The van der Waals surface area contributed by atoms with Gasteiger partial charge in [-0.1, -0.05) is 17.7 Å². The van der Waals surface area contributed by atoms with Crippen LogP contribution in [-0.4, -0.2) is 14.3 Å². The lowest BCUT2D eigenvalue weighted by Crippen LogP contribution is -2.31. The van der Waals surface area contributed by atoms with Crippen LogP contribution in [0, 0.1) is 18.3 Å². The summed E-state index contributed by atoms with van der Waals surface area (Å²) >= 11 is 5.80. The molecular formula is C15H11ClN2O3S. The molecular weight excluding hydrogens is 324 g/mol.